The quantitative estimate of drug-likeness (QED) is 0.854. The first-order chi connectivity index (χ1) is 9.60. The van der Waals surface area contributed by atoms with Gasteiger partial charge in [0, 0.05) is 16.8 Å². The van der Waals surface area contributed by atoms with Crippen molar-refractivity contribution < 1.29 is 4.79 Å². The van der Waals surface area contributed by atoms with E-state index in [4.69, 9.17) is 11.6 Å². The largest absolute Gasteiger partial charge is 0.304 e. The maximum absolute atomic E-state index is 12.6. The summed E-state index contributed by atoms with van der Waals surface area (Å²) in [6, 6.07) is 5.72. The molecular weight excluding hydrogens is 276 g/mol. The minimum Gasteiger partial charge on any atom is -0.304 e. The highest BCUT2D eigenvalue weighted by atomic mass is 35.5. The number of benzene rings is 1. The van der Waals surface area contributed by atoms with Gasteiger partial charge >= 0.3 is 0 Å². The smallest absolute Gasteiger partial charge is 0.280 e. The third-order valence-electron chi connectivity index (χ3n) is 3.51. The summed E-state index contributed by atoms with van der Waals surface area (Å²) in [5.41, 5.74) is 2.39. The molecule has 20 heavy (non-hydrogen) atoms. The number of anilines is 1. The zero-order valence-corrected chi connectivity index (χ0v) is 12.1. The zero-order valence-electron chi connectivity index (χ0n) is 11.4. The lowest BCUT2D eigenvalue weighted by molar-refractivity contribution is 0.0976. The van der Waals surface area contributed by atoms with Crippen molar-refractivity contribution in [3.63, 3.8) is 0 Å². The number of aryl methyl sites for hydroxylation is 1. The van der Waals surface area contributed by atoms with E-state index in [0.29, 0.717) is 17.3 Å². The Morgan fingerprint density at radius 2 is 2.30 bits per heavy atom. The van der Waals surface area contributed by atoms with Gasteiger partial charge in [0.2, 0.25) is 0 Å². The highest BCUT2D eigenvalue weighted by Crippen LogP contribution is 2.34. The zero-order chi connectivity index (χ0) is 14.3. The standard InChI is InChI=1S/C14H15ClN4O/c1-3-18-16-8-12(17-18)14(20)19-9(2)6-10-7-11(15)4-5-13(10)19/h4-5,7-9H,3,6H2,1-2H3. The Hall–Kier alpha value is -1.88. The number of rotatable bonds is 2. The predicted molar refractivity (Wildman–Crippen MR) is 77.1 cm³/mol. The number of halogens is 1. The van der Waals surface area contributed by atoms with Gasteiger partial charge in [0.1, 0.15) is 0 Å². The second-order valence-corrected chi connectivity index (χ2v) is 5.36. The summed E-state index contributed by atoms with van der Waals surface area (Å²) < 4.78 is 0. The number of hydrogen-bond acceptors (Lipinski definition) is 3. The van der Waals surface area contributed by atoms with Crippen molar-refractivity contribution in [3.8, 4) is 0 Å². The molecule has 1 aromatic heterocycles. The van der Waals surface area contributed by atoms with Crippen LogP contribution in [0.2, 0.25) is 5.02 Å². The average molecular weight is 291 g/mol. The Bertz CT molecular complexity index is 667. The third kappa shape index (κ3) is 2.08. The van der Waals surface area contributed by atoms with Gasteiger partial charge in [-0.15, -0.1) is 5.10 Å². The summed E-state index contributed by atoms with van der Waals surface area (Å²) in [6.45, 7) is 4.61. The molecule has 1 amide bonds. The number of fused-ring (bicyclic) bond motifs is 1. The summed E-state index contributed by atoms with van der Waals surface area (Å²) in [4.78, 5) is 15.9. The van der Waals surface area contributed by atoms with Crippen LogP contribution in [0.1, 0.15) is 29.9 Å². The van der Waals surface area contributed by atoms with E-state index in [1.165, 1.54) is 11.0 Å². The number of carbonyl (C=O) groups is 1. The molecule has 1 aliphatic heterocycles. The Morgan fingerprint density at radius 1 is 1.50 bits per heavy atom. The van der Waals surface area contributed by atoms with Gasteiger partial charge in [0.25, 0.3) is 5.91 Å². The minimum absolute atomic E-state index is 0.0998. The average Bonchev–Trinajstić information content (AvgIpc) is 3.01. The van der Waals surface area contributed by atoms with E-state index in [0.717, 1.165) is 17.7 Å². The number of amides is 1. The Labute approximate surface area is 122 Å². The van der Waals surface area contributed by atoms with Gasteiger partial charge in [-0.05, 0) is 44.0 Å². The molecule has 1 unspecified atom stereocenters. The van der Waals surface area contributed by atoms with Crippen molar-refractivity contribution in [1.29, 1.82) is 0 Å². The molecule has 0 saturated carbocycles. The first-order valence-electron chi connectivity index (χ1n) is 6.62. The van der Waals surface area contributed by atoms with Gasteiger partial charge in [-0.3, -0.25) is 4.79 Å². The predicted octanol–water partition coefficient (Wildman–Crippen LogP) is 2.54. The van der Waals surface area contributed by atoms with Gasteiger partial charge < -0.3 is 4.90 Å². The van der Waals surface area contributed by atoms with Crippen LogP contribution in [-0.4, -0.2) is 26.9 Å². The molecule has 6 heteroatoms. The lowest BCUT2D eigenvalue weighted by Crippen LogP contribution is -2.36. The van der Waals surface area contributed by atoms with Crippen LogP contribution in [0.25, 0.3) is 0 Å². The van der Waals surface area contributed by atoms with Crippen LogP contribution in [0.3, 0.4) is 0 Å². The van der Waals surface area contributed by atoms with Crippen LogP contribution in [-0.2, 0) is 13.0 Å². The van der Waals surface area contributed by atoms with Crippen LogP contribution < -0.4 is 4.90 Å². The highest BCUT2D eigenvalue weighted by molar-refractivity contribution is 6.30. The second-order valence-electron chi connectivity index (χ2n) is 4.92. The van der Waals surface area contributed by atoms with Gasteiger partial charge in [-0.25, -0.2) is 0 Å². The second kappa shape index (κ2) is 4.90. The maximum atomic E-state index is 12.6. The lowest BCUT2D eigenvalue weighted by Gasteiger charge is -2.21. The third-order valence-corrected chi connectivity index (χ3v) is 3.75. The molecule has 0 aliphatic carbocycles. The van der Waals surface area contributed by atoms with Gasteiger partial charge in [-0.2, -0.15) is 9.90 Å². The number of nitrogens with zero attached hydrogens (tertiary/aromatic N) is 4. The Morgan fingerprint density at radius 3 is 3.00 bits per heavy atom. The van der Waals surface area contributed by atoms with E-state index < -0.39 is 0 Å². The number of carbonyl (C=O) groups excluding carboxylic acids is 1. The maximum Gasteiger partial charge on any atom is 0.280 e. The van der Waals surface area contributed by atoms with Crippen LogP contribution >= 0.6 is 11.6 Å². The van der Waals surface area contributed by atoms with Crippen LogP contribution in [0.4, 0.5) is 5.69 Å². The van der Waals surface area contributed by atoms with Crippen molar-refractivity contribution in [2.75, 3.05) is 4.90 Å². The van der Waals surface area contributed by atoms with Crippen LogP contribution in [0.5, 0.6) is 0 Å². The molecule has 5 nitrogen and oxygen atoms in total. The SMILES string of the molecule is CCn1ncc(C(=O)N2c3ccc(Cl)cc3CC2C)n1. The molecule has 1 aromatic carbocycles. The Balaban J connectivity index is 1.96. The van der Waals surface area contributed by atoms with Crippen molar-refractivity contribution in [3.05, 3.63) is 40.7 Å². The number of aromatic nitrogens is 3. The number of hydrogen-bond donors (Lipinski definition) is 0. The summed E-state index contributed by atoms with van der Waals surface area (Å²) in [5, 5.41) is 8.94. The van der Waals surface area contributed by atoms with Gasteiger partial charge in [0.15, 0.2) is 5.69 Å². The fourth-order valence-corrected chi connectivity index (χ4v) is 2.77. The van der Waals surface area contributed by atoms with E-state index >= 15 is 0 Å². The lowest BCUT2D eigenvalue weighted by atomic mass is 10.1. The van der Waals surface area contributed by atoms with Crippen molar-refractivity contribution in [2.45, 2.75) is 32.9 Å². The summed E-state index contributed by atoms with van der Waals surface area (Å²) in [6.07, 6.45) is 2.33. The monoisotopic (exact) mass is 290 g/mol. The summed E-state index contributed by atoms with van der Waals surface area (Å²) in [5.74, 6) is -0.113. The molecule has 0 bridgehead atoms. The first-order valence-corrected chi connectivity index (χ1v) is 7.00. The molecule has 2 heterocycles. The van der Waals surface area contributed by atoms with E-state index in [1.54, 1.807) is 4.90 Å². The molecule has 0 fully saturated rings. The molecule has 0 N–H and O–H groups in total. The van der Waals surface area contributed by atoms with Crippen LogP contribution in [0.15, 0.2) is 24.4 Å². The van der Waals surface area contributed by atoms with Crippen molar-refractivity contribution >= 4 is 23.2 Å². The molecule has 0 saturated heterocycles. The van der Waals surface area contributed by atoms with E-state index in [9.17, 15) is 4.79 Å². The Kier molecular flexibility index (Phi) is 3.22. The van der Waals surface area contributed by atoms with E-state index in [2.05, 4.69) is 10.2 Å². The highest BCUT2D eigenvalue weighted by Gasteiger charge is 2.32. The summed E-state index contributed by atoms with van der Waals surface area (Å²) in [7, 11) is 0. The molecule has 104 valence electrons. The molecule has 3 rings (SSSR count). The van der Waals surface area contributed by atoms with Gasteiger partial charge in [0.05, 0.1) is 12.7 Å². The van der Waals surface area contributed by atoms with E-state index in [-0.39, 0.29) is 11.9 Å². The van der Waals surface area contributed by atoms with Crippen molar-refractivity contribution in [2.24, 2.45) is 0 Å². The first kappa shape index (κ1) is 13.1. The summed E-state index contributed by atoms with van der Waals surface area (Å²) >= 11 is 6.01. The van der Waals surface area contributed by atoms with Crippen LogP contribution in [0, 0.1) is 0 Å². The minimum atomic E-state index is -0.113. The van der Waals surface area contributed by atoms with Gasteiger partial charge in [-0.1, -0.05) is 11.6 Å². The fraction of sp³-hybridized carbons (Fsp3) is 0.357. The molecule has 2 aromatic rings. The normalized spacial score (nSPS) is 17.4. The van der Waals surface area contributed by atoms with Crippen molar-refractivity contribution in [1.82, 2.24) is 15.0 Å². The molecular formula is C14H15ClN4O. The fourth-order valence-electron chi connectivity index (χ4n) is 2.58. The topological polar surface area (TPSA) is 51.0 Å². The molecule has 1 atom stereocenters. The van der Waals surface area contributed by atoms with E-state index in [1.807, 2.05) is 32.0 Å². The molecule has 0 spiro atoms. The molecule has 1 aliphatic rings. The molecule has 0 radical (unpaired) electrons.